The average Bonchev–Trinajstić information content (AvgIpc) is 2.47. The maximum Gasteiger partial charge on any atom is 0.319 e. The molecule has 0 aliphatic heterocycles. The monoisotopic (exact) mass is 348 g/mol. The first-order chi connectivity index (χ1) is 9.63. The Kier molecular flexibility index (Phi) is 13.9. The van der Waals surface area contributed by atoms with E-state index in [4.69, 9.17) is 4.74 Å². The number of alkyl halides is 1. The van der Waals surface area contributed by atoms with Gasteiger partial charge in [0.2, 0.25) is 0 Å². The van der Waals surface area contributed by atoms with Crippen LogP contribution >= 0.6 is 15.9 Å². The number of carbonyl (C=O) groups is 1. The van der Waals surface area contributed by atoms with Crippen LogP contribution in [0, 0.1) is 5.92 Å². The molecule has 0 aromatic carbocycles. The van der Waals surface area contributed by atoms with Crippen LogP contribution in [-0.4, -0.2) is 17.9 Å². The lowest BCUT2D eigenvalue weighted by molar-refractivity contribution is -0.140. The van der Waals surface area contributed by atoms with Gasteiger partial charge in [0.05, 0.1) is 7.11 Å². The van der Waals surface area contributed by atoms with E-state index < -0.39 is 0 Å². The fourth-order valence-electron chi connectivity index (χ4n) is 2.44. The topological polar surface area (TPSA) is 26.3 Å². The number of hydrogen-bond acceptors (Lipinski definition) is 2. The minimum Gasteiger partial charge on any atom is -0.468 e. The number of rotatable bonds is 13. The van der Waals surface area contributed by atoms with Crippen LogP contribution in [0.4, 0.5) is 0 Å². The molecule has 0 saturated carbocycles. The lowest BCUT2D eigenvalue weighted by atomic mass is 9.98. The van der Waals surface area contributed by atoms with Crippen molar-refractivity contribution < 1.29 is 9.53 Å². The number of hydrogen-bond donors (Lipinski definition) is 0. The molecule has 1 unspecified atom stereocenters. The largest absolute Gasteiger partial charge is 0.468 e. The van der Waals surface area contributed by atoms with Crippen molar-refractivity contribution in [3.63, 3.8) is 0 Å². The van der Waals surface area contributed by atoms with Gasteiger partial charge < -0.3 is 4.74 Å². The summed E-state index contributed by atoms with van der Waals surface area (Å²) in [5.74, 6) is 0.209. The Hall–Kier alpha value is -0.0500. The van der Waals surface area contributed by atoms with Gasteiger partial charge in [0.15, 0.2) is 0 Å². The van der Waals surface area contributed by atoms with Crippen molar-refractivity contribution in [3.05, 3.63) is 0 Å². The number of methoxy groups -OCH3 is 1. The van der Waals surface area contributed by atoms with E-state index in [0.717, 1.165) is 6.42 Å². The zero-order valence-electron chi connectivity index (χ0n) is 13.6. The predicted octanol–water partition coefficient (Wildman–Crippen LogP) is 5.87. The fourth-order valence-corrected chi connectivity index (χ4v) is 2.90. The number of unbranched alkanes of at least 4 members (excludes halogenated alkanes) is 9. The molecule has 0 N–H and O–H groups in total. The third kappa shape index (κ3) is 10.7. The van der Waals surface area contributed by atoms with Gasteiger partial charge in [-0.3, -0.25) is 4.79 Å². The molecule has 3 heteroatoms. The van der Waals surface area contributed by atoms with E-state index >= 15 is 0 Å². The Morgan fingerprint density at radius 1 is 0.950 bits per heavy atom. The predicted molar refractivity (Wildman–Crippen MR) is 90.4 cm³/mol. The molecule has 2 atom stereocenters. The second-order valence-electron chi connectivity index (χ2n) is 5.87. The molecule has 0 spiro atoms. The van der Waals surface area contributed by atoms with Crippen LogP contribution in [0.15, 0.2) is 0 Å². The second-order valence-corrected chi connectivity index (χ2v) is 6.86. The first kappa shape index (κ1) is 19.9. The van der Waals surface area contributed by atoms with Crippen molar-refractivity contribution in [2.24, 2.45) is 5.92 Å². The molecule has 0 saturated heterocycles. The molecule has 0 bridgehead atoms. The zero-order chi connectivity index (χ0) is 15.2. The van der Waals surface area contributed by atoms with Crippen LogP contribution < -0.4 is 0 Å². The van der Waals surface area contributed by atoms with E-state index in [1.807, 2.05) is 0 Å². The number of esters is 1. The van der Waals surface area contributed by atoms with Crippen molar-refractivity contribution >= 4 is 21.9 Å². The van der Waals surface area contributed by atoms with Gasteiger partial charge in [-0.25, -0.2) is 0 Å². The molecule has 0 amide bonds. The number of halogens is 1. The number of ether oxygens (including phenoxy) is 1. The molecule has 120 valence electrons. The summed E-state index contributed by atoms with van der Waals surface area (Å²) in [4.78, 5) is 11.2. The van der Waals surface area contributed by atoms with Gasteiger partial charge in [-0.2, -0.15) is 0 Å². The molecule has 0 aromatic rings. The molecule has 0 rings (SSSR count). The van der Waals surface area contributed by atoms with Crippen molar-refractivity contribution in [1.29, 1.82) is 0 Å². The molecule has 2 nitrogen and oxygen atoms in total. The van der Waals surface area contributed by atoms with Gasteiger partial charge in [-0.05, 0) is 12.3 Å². The minimum atomic E-state index is -0.149. The van der Waals surface area contributed by atoms with Crippen LogP contribution in [-0.2, 0) is 9.53 Å². The fraction of sp³-hybridized carbons (Fsp3) is 0.941. The summed E-state index contributed by atoms with van der Waals surface area (Å²) in [7, 11) is 1.45. The summed E-state index contributed by atoms with van der Waals surface area (Å²) in [5, 5.41) is 0. The van der Waals surface area contributed by atoms with Gasteiger partial charge >= 0.3 is 5.97 Å². The van der Waals surface area contributed by atoms with Gasteiger partial charge in [-0.1, -0.05) is 94.0 Å². The van der Waals surface area contributed by atoms with Crippen LogP contribution in [0.5, 0.6) is 0 Å². The minimum absolute atomic E-state index is 0.147. The third-order valence-corrected chi connectivity index (χ3v) is 5.22. The van der Waals surface area contributed by atoms with E-state index in [1.54, 1.807) is 0 Å². The Morgan fingerprint density at radius 2 is 1.40 bits per heavy atom. The summed E-state index contributed by atoms with van der Waals surface area (Å²) in [5.41, 5.74) is 0. The summed E-state index contributed by atoms with van der Waals surface area (Å²) < 4.78 is 4.75. The first-order valence-corrected chi connectivity index (χ1v) is 9.27. The summed E-state index contributed by atoms with van der Waals surface area (Å²) >= 11 is 3.42. The third-order valence-electron chi connectivity index (χ3n) is 3.94. The zero-order valence-corrected chi connectivity index (χ0v) is 15.2. The Labute approximate surface area is 134 Å². The number of carbonyl (C=O) groups excluding carboxylic acids is 1. The standard InChI is InChI=1S/C17H33BrO2/c1-4-5-6-7-8-9-10-11-12-13-14-15(2)16(18)17(19)20-3/h15-16H,4-14H2,1-3H3/t15?,16-/m1/s1. The van der Waals surface area contributed by atoms with E-state index in [1.165, 1.54) is 71.3 Å². The Morgan fingerprint density at radius 3 is 1.85 bits per heavy atom. The Balaban J connectivity index is 3.33. The highest BCUT2D eigenvalue weighted by molar-refractivity contribution is 9.10. The van der Waals surface area contributed by atoms with Gasteiger partial charge in [0.25, 0.3) is 0 Å². The maximum absolute atomic E-state index is 11.4. The van der Waals surface area contributed by atoms with E-state index in [2.05, 4.69) is 29.8 Å². The highest BCUT2D eigenvalue weighted by atomic mass is 79.9. The highest BCUT2D eigenvalue weighted by Crippen LogP contribution is 2.21. The van der Waals surface area contributed by atoms with E-state index in [9.17, 15) is 4.79 Å². The maximum atomic E-state index is 11.4. The van der Waals surface area contributed by atoms with Crippen molar-refractivity contribution in [2.75, 3.05) is 7.11 Å². The average molecular weight is 349 g/mol. The first-order valence-electron chi connectivity index (χ1n) is 8.35. The van der Waals surface area contributed by atoms with Crippen molar-refractivity contribution in [2.45, 2.75) is 89.3 Å². The molecule has 0 heterocycles. The van der Waals surface area contributed by atoms with Crippen LogP contribution in [0.25, 0.3) is 0 Å². The van der Waals surface area contributed by atoms with Crippen LogP contribution in [0.3, 0.4) is 0 Å². The van der Waals surface area contributed by atoms with Crippen LogP contribution in [0.1, 0.15) is 84.5 Å². The quantitative estimate of drug-likeness (QED) is 0.236. The molecule has 0 fully saturated rings. The summed E-state index contributed by atoms with van der Waals surface area (Å²) in [6.45, 7) is 4.38. The molecule has 0 aromatic heterocycles. The molecule has 0 aliphatic carbocycles. The van der Waals surface area contributed by atoms with Crippen molar-refractivity contribution in [1.82, 2.24) is 0 Å². The van der Waals surface area contributed by atoms with Gasteiger partial charge in [0.1, 0.15) is 4.83 Å². The van der Waals surface area contributed by atoms with E-state index in [-0.39, 0.29) is 10.8 Å². The molecular weight excluding hydrogens is 316 g/mol. The summed E-state index contributed by atoms with van der Waals surface area (Å²) in [6, 6.07) is 0. The molecule has 20 heavy (non-hydrogen) atoms. The van der Waals surface area contributed by atoms with Gasteiger partial charge in [0, 0.05) is 0 Å². The Bertz CT molecular complexity index is 231. The lowest BCUT2D eigenvalue weighted by Crippen LogP contribution is -2.23. The molecule has 0 aliphatic rings. The second kappa shape index (κ2) is 13.9. The normalized spacial score (nSPS) is 14.0. The summed E-state index contributed by atoms with van der Waals surface area (Å²) in [6.07, 6.45) is 14.7. The molecule has 0 radical (unpaired) electrons. The van der Waals surface area contributed by atoms with Crippen LogP contribution in [0.2, 0.25) is 0 Å². The smallest absolute Gasteiger partial charge is 0.319 e. The van der Waals surface area contributed by atoms with E-state index in [0.29, 0.717) is 5.92 Å². The lowest BCUT2D eigenvalue weighted by Gasteiger charge is -2.15. The molecular formula is C17H33BrO2. The highest BCUT2D eigenvalue weighted by Gasteiger charge is 2.21. The SMILES string of the molecule is CCCCCCCCCCCCC(C)[C@@H](Br)C(=O)OC. The van der Waals surface area contributed by atoms with Gasteiger partial charge in [-0.15, -0.1) is 0 Å². The van der Waals surface area contributed by atoms with Crippen molar-refractivity contribution in [3.8, 4) is 0 Å².